The van der Waals surface area contributed by atoms with Gasteiger partial charge in [0.05, 0.1) is 10.9 Å². The molecule has 0 aliphatic heterocycles. The lowest BCUT2D eigenvalue weighted by Gasteiger charge is -2.04. The van der Waals surface area contributed by atoms with Crippen molar-refractivity contribution in [3.63, 3.8) is 0 Å². The van der Waals surface area contributed by atoms with Crippen molar-refractivity contribution in [1.82, 2.24) is 0 Å². The second-order valence-electron chi connectivity index (χ2n) is 4.07. The summed E-state index contributed by atoms with van der Waals surface area (Å²) in [5.74, 6) is -1.44. The van der Waals surface area contributed by atoms with Gasteiger partial charge < -0.3 is 14.6 Å². The van der Waals surface area contributed by atoms with E-state index in [1.807, 2.05) is 0 Å². The minimum Gasteiger partial charge on any atom is -0.507 e. The maximum atomic E-state index is 12.4. The molecule has 0 aliphatic rings. The molecule has 0 spiro atoms. The first-order valence-corrected chi connectivity index (χ1v) is 5.50. The highest BCUT2D eigenvalue weighted by Crippen LogP contribution is 2.26. The van der Waals surface area contributed by atoms with Gasteiger partial charge in [-0.2, -0.15) is 0 Å². The summed E-state index contributed by atoms with van der Waals surface area (Å²) in [6, 6.07) is 8.80. The molecule has 0 unspecified atom stereocenters. The quantitative estimate of drug-likeness (QED) is 0.652. The third kappa shape index (κ3) is 1.55. The standard InChI is InChI=1S/C14H8O5/c15-8-4-2-6-10-12(8)13(16)11-7(14(17)18)3-1-5-9(11)19-10/h1-6,15H,(H,17,18). The van der Waals surface area contributed by atoms with Gasteiger partial charge in [-0.15, -0.1) is 0 Å². The van der Waals surface area contributed by atoms with Crippen molar-refractivity contribution in [3.8, 4) is 5.75 Å². The molecule has 5 heteroatoms. The SMILES string of the molecule is O=C(O)c1cccc2oc3cccc(O)c3c(=O)c12. The van der Waals surface area contributed by atoms with Gasteiger partial charge >= 0.3 is 5.97 Å². The lowest BCUT2D eigenvalue weighted by molar-refractivity contribution is 0.0699. The zero-order valence-corrected chi connectivity index (χ0v) is 9.58. The second kappa shape index (κ2) is 3.84. The molecule has 0 amide bonds. The van der Waals surface area contributed by atoms with E-state index in [4.69, 9.17) is 9.52 Å². The predicted octanol–water partition coefficient (Wildman–Crippen LogP) is 2.35. The summed E-state index contributed by atoms with van der Waals surface area (Å²) in [6.07, 6.45) is 0. The Bertz CT molecular complexity index is 876. The van der Waals surface area contributed by atoms with Crippen LogP contribution in [0.15, 0.2) is 45.6 Å². The number of phenolic OH excluding ortho intramolecular Hbond substituents is 1. The van der Waals surface area contributed by atoms with Crippen molar-refractivity contribution >= 4 is 27.9 Å². The molecule has 1 heterocycles. The molecule has 0 radical (unpaired) electrons. The van der Waals surface area contributed by atoms with Crippen molar-refractivity contribution in [1.29, 1.82) is 0 Å². The number of carbonyl (C=O) groups is 1. The molecule has 1 aromatic heterocycles. The van der Waals surface area contributed by atoms with Gasteiger partial charge in [-0.3, -0.25) is 4.79 Å². The Kier molecular flexibility index (Phi) is 2.28. The van der Waals surface area contributed by atoms with Crippen LogP contribution < -0.4 is 5.43 Å². The smallest absolute Gasteiger partial charge is 0.336 e. The van der Waals surface area contributed by atoms with Crippen LogP contribution >= 0.6 is 0 Å². The Balaban J connectivity index is 2.64. The van der Waals surface area contributed by atoms with Crippen LogP contribution in [0.1, 0.15) is 10.4 Å². The molecule has 0 fully saturated rings. The summed E-state index contributed by atoms with van der Waals surface area (Å²) in [5, 5.41) is 18.8. The molecular formula is C14H8O5. The largest absolute Gasteiger partial charge is 0.507 e. The van der Waals surface area contributed by atoms with Crippen molar-refractivity contribution in [2.24, 2.45) is 0 Å². The van der Waals surface area contributed by atoms with Crippen molar-refractivity contribution in [2.45, 2.75) is 0 Å². The summed E-state index contributed by atoms with van der Waals surface area (Å²) >= 11 is 0. The fourth-order valence-electron chi connectivity index (χ4n) is 2.10. The highest BCUT2D eigenvalue weighted by Gasteiger charge is 2.16. The van der Waals surface area contributed by atoms with Crippen LogP contribution in [0.2, 0.25) is 0 Å². The molecule has 0 atom stereocenters. The number of aromatic carboxylic acids is 1. The molecule has 19 heavy (non-hydrogen) atoms. The van der Waals surface area contributed by atoms with Crippen molar-refractivity contribution in [3.05, 3.63) is 52.2 Å². The number of aromatic hydroxyl groups is 1. The van der Waals surface area contributed by atoms with Crippen LogP contribution in [0, 0.1) is 0 Å². The molecular weight excluding hydrogens is 248 g/mol. The first-order chi connectivity index (χ1) is 9.09. The number of carboxylic acid groups (broad SMARTS) is 1. The Hall–Kier alpha value is -2.82. The Labute approximate surface area is 106 Å². The number of benzene rings is 2. The first kappa shape index (κ1) is 11.3. The van der Waals surface area contributed by atoms with Crippen LogP contribution in [0.4, 0.5) is 0 Å². The van der Waals surface area contributed by atoms with Gasteiger partial charge in [0.15, 0.2) is 0 Å². The van der Waals surface area contributed by atoms with E-state index in [0.717, 1.165) is 0 Å². The Morgan fingerprint density at radius 1 is 1.00 bits per heavy atom. The fourth-order valence-corrected chi connectivity index (χ4v) is 2.10. The molecule has 2 aromatic carbocycles. The molecule has 3 rings (SSSR count). The van der Waals surface area contributed by atoms with E-state index in [-0.39, 0.29) is 33.3 Å². The normalized spacial score (nSPS) is 10.9. The number of hydrogen-bond acceptors (Lipinski definition) is 4. The summed E-state index contributed by atoms with van der Waals surface area (Å²) in [5.41, 5.74) is -0.285. The van der Waals surface area contributed by atoms with Gasteiger partial charge in [-0.1, -0.05) is 12.1 Å². The minimum atomic E-state index is -1.22. The number of rotatable bonds is 1. The average molecular weight is 256 g/mol. The third-order valence-corrected chi connectivity index (χ3v) is 2.93. The maximum absolute atomic E-state index is 12.4. The Morgan fingerprint density at radius 2 is 1.63 bits per heavy atom. The van der Waals surface area contributed by atoms with Gasteiger partial charge in [-0.25, -0.2) is 4.79 Å². The number of phenols is 1. The van der Waals surface area contributed by atoms with E-state index in [9.17, 15) is 14.7 Å². The van der Waals surface area contributed by atoms with Crippen LogP contribution in [0.5, 0.6) is 5.75 Å². The van der Waals surface area contributed by atoms with E-state index in [0.29, 0.717) is 0 Å². The maximum Gasteiger partial charge on any atom is 0.336 e. The first-order valence-electron chi connectivity index (χ1n) is 5.50. The monoisotopic (exact) mass is 256 g/mol. The van der Waals surface area contributed by atoms with Crippen molar-refractivity contribution < 1.29 is 19.4 Å². The van der Waals surface area contributed by atoms with E-state index in [1.54, 1.807) is 12.1 Å². The fraction of sp³-hybridized carbons (Fsp3) is 0. The van der Waals surface area contributed by atoms with Crippen molar-refractivity contribution in [2.75, 3.05) is 0 Å². The highest BCUT2D eigenvalue weighted by atomic mass is 16.4. The predicted molar refractivity (Wildman–Crippen MR) is 68.6 cm³/mol. The van der Waals surface area contributed by atoms with Gasteiger partial charge in [0.2, 0.25) is 5.43 Å². The molecule has 0 bridgehead atoms. The lowest BCUT2D eigenvalue weighted by Crippen LogP contribution is -2.08. The lowest BCUT2D eigenvalue weighted by atomic mass is 10.1. The summed E-state index contributed by atoms with van der Waals surface area (Å²) in [7, 11) is 0. The minimum absolute atomic E-state index is 0.0105. The molecule has 94 valence electrons. The summed E-state index contributed by atoms with van der Waals surface area (Å²) in [6.45, 7) is 0. The van der Waals surface area contributed by atoms with Crippen LogP contribution in [0.3, 0.4) is 0 Å². The second-order valence-corrected chi connectivity index (χ2v) is 4.07. The number of carboxylic acids is 1. The van der Waals surface area contributed by atoms with Gasteiger partial charge in [0.1, 0.15) is 22.3 Å². The zero-order chi connectivity index (χ0) is 13.6. The number of hydrogen-bond donors (Lipinski definition) is 2. The molecule has 3 aromatic rings. The number of fused-ring (bicyclic) bond motifs is 2. The topological polar surface area (TPSA) is 87.7 Å². The average Bonchev–Trinajstić information content (AvgIpc) is 2.38. The van der Waals surface area contributed by atoms with Gasteiger partial charge in [-0.05, 0) is 24.3 Å². The van der Waals surface area contributed by atoms with E-state index in [1.165, 1.54) is 24.3 Å². The van der Waals surface area contributed by atoms with E-state index >= 15 is 0 Å². The Morgan fingerprint density at radius 3 is 2.32 bits per heavy atom. The van der Waals surface area contributed by atoms with Crippen LogP contribution in [0.25, 0.3) is 21.9 Å². The third-order valence-electron chi connectivity index (χ3n) is 2.93. The van der Waals surface area contributed by atoms with Crippen LogP contribution in [-0.2, 0) is 0 Å². The molecule has 0 aliphatic carbocycles. The van der Waals surface area contributed by atoms with Crippen LogP contribution in [-0.4, -0.2) is 16.2 Å². The summed E-state index contributed by atoms with van der Waals surface area (Å²) in [4.78, 5) is 23.5. The molecule has 0 saturated heterocycles. The molecule has 2 N–H and O–H groups in total. The van der Waals surface area contributed by atoms with Gasteiger partial charge in [0, 0.05) is 0 Å². The molecule has 5 nitrogen and oxygen atoms in total. The van der Waals surface area contributed by atoms with E-state index < -0.39 is 11.4 Å². The van der Waals surface area contributed by atoms with Gasteiger partial charge in [0.25, 0.3) is 0 Å². The summed E-state index contributed by atoms with van der Waals surface area (Å²) < 4.78 is 5.48. The zero-order valence-electron chi connectivity index (χ0n) is 9.58. The molecule has 0 saturated carbocycles. The van der Waals surface area contributed by atoms with E-state index in [2.05, 4.69) is 0 Å². The highest BCUT2D eigenvalue weighted by molar-refractivity contribution is 6.05.